The Balaban J connectivity index is 2.68. The number of carboxylic acid groups (broad SMARTS) is 1. The van der Waals surface area contributed by atoms with E-state index in [1.165, 1.54) is 6.42 Å². The molecule has 0 heterocycles. The van der Waals surface area contributed by atoms with Crippen molar-refractivity contribution in [2.75, 3.05) is 13.6 Å². The molecule has 3 unspecified atom stereocenters. The molecule has 1 aliphatic rings. The predicted octanol–water partition coefficient (Wildman–Crippen LogP) is 2.22. The maximum Gasteiger partial charge on any atom is 0.308 e. The van der Waals surface area contributed by atoms with Crippen LogP contribution < -0.4 is 0 Å². The van der Waals surface area contributed by atoms with Gasteiger partial charge in [0, 0.05) is 6.04 Å². The Kier molecular flexibility index (Phi) is 4.58. The van der Waals surface area contributed by atoms with Crippen LogP contribution in [0.3, 0.4) is 0 Å². The quantitative estimate of drug-likeness (QED) is 0.778. The van der Waals surface area contributed by atoms with Crippen LogP contribution in [0.4, 0.5) is 0 Å². The van der Waals surface area contributed by atoms with Crippen LogP contribution in [0.2, 0.25) is 0 Å². The van der Waals surface area contributed by atoms with Gasteiger partial charge in [-0.1, -0.05) is 20.3 Å². The van der Waals surface area contributed by atoms with Crippen LogP contribution in [-0.4, -0.2) is 35.6 Å². The Morgan fingerprint density at radius 3 is 2.53 bits per heavy atom. The third-order valence-corrected chi connectivity index (χ3v) is 3.88. The second-order valence-corrected chi connectivity index (χ2v) is 4.67. The third kappa shape index (κ3) is 2.94. The van der Waals surface area contributed by atoms with E-state index in [1.807, 2.05) is 7.05 Å². The van der Waals surface area contributed by atoms with E-state index in [2.05, 4.69) is 18.7 Å². The molecule has 0 amide bonds. The summed E-state index contributed by atoms with van der Waals surface area (Å²) < 4.78 is 0. The van der Waals surface area contributed by atoms with Gasteiger partial charge >= 0.3 is 5.97 Å². The van der Waals surface area contributed by atoms with Gasteiger partial charge in [-0.05, 0) is 38.8 Å². The summed E-state index contributed by atoms with van der Waals surface area (Å²) >= 11 is 0. The molecule has 1 N–H and O–H groups in total. The van der Waals surface area contributed by atoms with E-state index in [4.69, 9.17) is 0 Å². The van der Waals surface area contributed by atoms with Gasteiger partial charge in [0.1, 0.15) is 0 Å². The van der Waals surface area contributed by atoms with Gasteiger partial charge in [0.15, 0.2) is 0 Å². The first-order chi connectivity index (χ1) is 7.10. The number of rotatable bonds is 4. The smallest absolute Gasteiger partial charge is 0.308 e. The molecule has 1 rings (SSSR count). The summed E-state index contributed by atoms with van der Waals surface area (Å²) in [6.07, 6.45) is 4.17. The van der Waals surface area contributed by atoms with Gasteiger partial charge in [0.25, 0.3) is 0 Å². The summed E-state index contributed by atoms with van der Waals surface area (Å²) in [5.74, 6) is -0.0489. The molecular formula is C12H23NO2. The van der Waals surface area contributed by atoms with Crippen molar-refractivity contribution >= 4 is 5.97 Å². The SMILES string of the molecule is CCC1CCC(C(=O)O)C(N(C)CC)C1. The largest absolute Gasteiger partial charge is 0.481 e. The lowest BCUT2D eigenvalue weighted by atomic mass is 9.76. The fraction of sp³-hybridized carbons (Fsp3) is 0.917. The fourth-order valence-corrected chi connectivity index (χ4v) is 2.61. The van der Waals surface area contributed by atoms with Crippen LogP contribution >= 0.6 is 0 Å². The highest BCUT2D eigenvalue weighted by Gasteiger charge is 2.36. The Morgan fingerprint density at radius 1 is 1.40 bits per heavy atom. The third-order valence-electron chi connectivity index (χ3n) is 3.88. The van der Waals surface area contributed by atoms with E-state index in [9.17, 15) is 9.90 Å². The summed E-state index contributed by atoms with van der Waals surface area (Å²) in [7, 11) is 2.04. The molecule has 1 fully saturated rings. The molecule has 0 saturated heterocycles. The number of aliphatic carboxylic acids is 1. The molecule has 0 aliphatic heterocycles. The van der Waals surface area contributed by atoms with E-state index < -0.39 is 5.97 Å². The van der Waals surface area contributed by atoms with Crippen LogP contribution in [0.1, 0.15) is 39.5 Å². The maximum atomic E-state index is 11.2. The van der Waals surface area contributed by atoms with Crippen molar-refractivity contribution < 1.29 is 9.90 Å². The second-order valence-electron chi connectivity index (χ2n) is 4.67. The zero-order chi connectivity index (χ0) is 11.4. The summed E-state index contributed by atoms with van der Waals surface area (Å²) in [4.78, 5) is 13.3. The first-order valence-electron chi connectivity index (χ1n) is 6.03. The molecular weight excluding hydrogens is 190 g/mol. The standard InChI is InChI=1S/C12H23NO2/c1-4-9-6-7-10(12(14)15)11(8-9)13(3)5-2/h9-11H,4-8H2,1-3H3,(H,14,15). The van der Waals surface area contributed by atoms with Crippen molar-refractivity contribution in [2.45, 2.75) is 45.6 Å². The topological polar surface area (TPSA) is 40.5 Å². The van der Waals surface area contributed by atoms with Crippen LogP contribution in [0.15, 0.2) is 0 Å². The molecule has 0 radical (unpaired) electrons. The molecule has 3 atom stereocenters. The average Bonchev–Trinajstić information content (AvgIpc) is 2.26. The fourth-order valence-electron chi connectivity index (χ4n) is 2.61. The minimum Gasteiger partial charge on any atom is -0.481 e. The molecule has 0 aromatic rings. The van der Waals surface area contributed by atoms with Crippen LogP contribution in [0.5, 0.6) is 0 Å². The van der Waals surface area contributed by atoms with E-state index >= 15 is 0 Å². The van der Waals surface area contributed by atoms with Gasteiger partial charge in [-0.2, -0.15) is 0 Å². The molecule has 0 aromatic heterocycles. The van der Waals surface area contributed by atoms with Gasteiger partial charge in [-0.15, -0.1) is 0 Å². The first-order valence-corrected chi connectivity index (χ1v) is 6.03. The zero-order valence-corrected chi connectivity index (χ0v) is 10.1. The minimum absolute atomic E-state index is 0.155. The summed E-state index contributed by atoms with van der Waals surface area (Å²) in [5, 5.41) is 9.19. The van der Waals surface area contributed by atoms with Crippen LogP contribution in [0.25, 0.3) is 0 Å². The van der Waals surface area contributed by atoms with E-state index in [0.29, 0.717) is 0 Å². The van der Waals surface area contributed by atoms with Crippen molar-refractivity contribution in [2.24, 2.45) is 11.8 Å². The summed E-state index contributed by atoms with van der Waals surface area (Å²) in [6, 6.07) is 0.242. The van der Waals surface area contributed by atoms with Crippen molar-refractivity contribution in [3.05, 3.63) is 0 Å². The van der Waals surface area contributed by atoms with E-state index in [1.54, 1.807) is 0 Å². The van der Waals surface area contributed by atoms with Gasteiger partial charge in [0.2, 0.25) is 0 Å². The van der Waals surface area contributed by atoms with Gasteiger partial charge < -0.3 is 10.0 Å². The van der Waals surface area contributed by atoms with Crippen molar-refractivity contribution in [3.63, 3.8) is 0 Å². The lowest BCUT2D eigenvalue weighted by Gasteiger charge is -2.38. The highest BCUT2D eigenvalue weighted by molar-refractivity contribution is 5.71. The monoisotopic (exact) mass is 213 g/mol. The van der Waals surface area contributed by atoms with Gasteiger partial charge in [-0.3, -0.25) is 4.79 Å². The summed E-state index contributed by atoms with van der Waals surface area (Å²) in [6.45, 7) is 5.23. The Labute approximate surface area is 92.5 Å². The van der Waals surface area contributed by atoms with Gasteiger partial charge in [-0.25, -0.2) is 0 Å². The van der Waals surface area contributed by atoms with E-state index in [0.717, 1.165) is 31.7 Å². The molecule has 1 aliphatic carbocycles. The number of hydrogen-bond acceptors (Lipinski definition) is 2. The molecule has 0 aromatic carbocycles. The number of nitrogens with zero attached hydrogens (tertiary/aromatic N) is 1. The highest BCUT2D eigenvalue weighted by atomic mass is 16.4. The van der Waals surface area contributed by atoms with Crippen LogP contribution in [0, 0.1) is 11.8 Å². The van der Waals surface area contributed by atoms with Crippen molar-refractivity contribution in [3.8, 4) is 0 Å². The average molecular weight is 213 g/mol. The lowest BCUT2D eigenvalue weighted by molar-refractivity contribution is -0.146. The minimum atomic E-state index is -0.616. The number of carbonyl (C=O) groups is 1. The summed E-state index contributed by atoms with van der Waals surface area (Å²) in [5.41, 5.74) is 0. The number of carboxylic acids is 1. The molecule has 3 nitrogen and oxygen atoms in total. The maximum absolute atomic E-state index is 11.2. The molecule has 0 bridgehead atoms. The van der Waals surface area contributed by atoms with Crippen molar-refractivity contribution in [1.29, 1.82) is 0 Å². The Bertz CT molecular complexity index is 218. The molecule has 3 heteroatoms. The predicted molar refractivity (Wildman–Crippen MR) is 60.8 cm³/mol. The molecule has 88 valence electrons. The second kappa shape index (κ2) is 5.50. The lowest BCUT2D eigenvalue weighted by Crippen LogP contribution is -2.45. The Morgan fingerprint density at radius 2 is 2.07 bits per heavy atom. The molecule has 1 saturated carbocycles. The van der Waals surface area contributed by atoms with E-state index in [-0.39, 0.29) is 12.0 Å². The van der Waals surface area contributed by atoms with Crippen LogP contribution in [-0.2, 0) is 4.79 Å². The highest BCUT2D eigenvalue weighted by Crippen LogP contribution is 2.33. The first kappa shape index (κ1) is 12.5. The zero-order valence-electron chi connectivity index (χ0n) is 10.1. The molecule has 0 spiro atoms. The Hall–Kier alpha value is -0.570. The van der Waals surface area contributed by atoms with Crippen molar-refractivity contribution in [1.82, 2.24) is 4.90 Å². The number of hydrogen-bond donors (Lipinski definition) is 1. The normalized spacial score (nSPS) is 31.9. The van der Waals surface area contributed by atoms with Gasteiger partial charge in [0.05, 0.1) is 5.92 Å². The molecule has 15 heavy (non-hydrogen) atoms.